The zero-order valence-corrected chi connectivity index (χ0v) is 13.1. The molecular formula is C18H17N3O3. The van der Waals surface area contributed by atoms with Gasteiger partial charge in [0.25, 0.3) is 5.91 Å². The summed E-state index contributed by atoms with van der Waals surface area (Å²) in [6, 6.07) is 12.2. The van der Waals surface area contributed by atoms with Crippen LogP contribution in [0.4, 0.5) is 0 Å². The van der Waals surface area contributed by atoms with Gasteiger partial charge in [-0.1, -0.05) is 12.1 Å². The highest BCUT2D eigenvalue weighted by Gasteiger charge is 2.09. The molecule has 0 saturated heterocycles. The largest absolute Gasteiger partial charge is 0.504 e. The molecule has 1 amide bonds. The van der Waals surface area contributed by atoms with Gasteiger partial charge in [-0.2, -0.15) is 5.10 Å². The standard InChI is InChI=1S/C18H17N3O3/c1-2-24-16-10-12(6-7-15(16)22)11-20-21-18(23)14-5-3-4-13-8-9-19-17(13)14/h3-11,19,22H,2H2,1H3,(H,21,23)/b20-11-. The molecule has 6 heteroatoms. The molecule has 0 atom stereocenters. The number of phenolic OH excluding ortho intramolecular Hbond substituents is 1. The van der Waals surface area contributed by atoms with E-state index in [9.17, 15) is 9.90 Å². The first-order valence-corrected chi connectivity index (χ1v) is 7.54. The molecule has 3 rings (SSSR count). The molecule has 0 bridgehead atoms. The van der Waals surface area contributed by atoms with Crippen molar-refractivity contribution in [3.8, 4) is 11.5 Å². The number of hydrogen-bond donors (Lipinski definition) is 3. The second-order valence-electron chi connectivity index (χ2n) is 5.11. The Morgan fingerprint density at radius 1 is 1.33 bits per heavy atom. The van der Waals surface area contributed by atoms with E-state index < -0.39 is 0 Å². The van der Waals surface area contributed by atoms with Gasteiger partial charge >= 0.3 is 0 Å². The maximum atomic E-state index is 12.3. The second kappa shape index (κ2) is 6.87. The zero-order valence-electron chi connectivity index (χ0n) is 13.1. The molecule has 0 aliphatic heterocycles. The average molecular weight is 323 g/mol. The summed E-state index contributed by atoms with van der Waals surface area (Å²) in [6.45, 7) is 2.28. The molecule has 0 radical (unpaired) electrons. The number of aromatic amines is 1. The maximum absolute atomic E-state index is 12.3. The Balaban J connectivity index is 1.73. The van der Waals surface area contributed by atoms with E-state index in [-0.39, 0.29) is 11.7 Å². The Morgan fingerprint density at radius 2 is 2.21 bits per heavy atom. The van der Waals surface area contributed by atoms with Gasteiger partial charge in [0.15, 0.2) is 11.5 Å². The van der Waals surface area contributed by atoms with E-state index in [1.807, 2.05) is 25.1 Å². The number of fused-ring (bicyclic) bond motifs is 1. The Morgan fingerprint density at radius 3 is 3.04 bits per heavy atom. The molecule has 1 aromatic heterocycles. The monoisotopic (exact) mass is 323 g/mol. The topological polar surface area (TPSA) is 86.7 Å². The van der Waals surface area contributed by atoms with Crippen LogP contribution in [0.5, 0.6) is 11.5 Å². The number of carbonyl (C=O) groups excluding carboxylic acids is 1. The SMILES string of the molecule is CCOc1cc(/C=N\NC(=O)c2cccc3cc[nH]c23)ccc1O. The summed E-state index contributed by atoms with van der Waals surface area (Å²) in [5.74, 6) is 0.142. The summed E-state index contributed by atoms with van der Waals surface area (Å²) in [6.07, 6.45) is 3.28. The van der Waals surface area contributed by atoms with Crippen LogP contribution in [0.3, 0.4) is 0 Å². The fourth-order valence-electron chi connectivity index (χ4n) is 2.38. The molecule has 0 spiro atoms. The van der Waals surface area contributed by atoms with Crippen LogP contribution in [-0.4, -0.2) is 28.8 Å². The quantitative estimate of drug-likeness (QED) is 0.498. The lowest BCUT2D eigenvalue weighted by molar-refractivity contribution is 0.0956. The average Bonchev–Trinajstić information content (AvgIpc) is 3.06. The Hall–Kier alpha value is -3.28. The van der Waals surface area contributed by atoms with Gasteiger partial charge in [0.1, 0.15) is 0 Å². The molecule has 0 aliphatic carbocycles. The number of nitrogens with zero attached hydrogens (tertiary/aromatic N) is 1. The first-order chi connectivity index (χ1) is 11.7. The summed E-state index contributed by atoms with van der Waals surface area (Å²) in [4.78, 5) is 15.3. The number of rotatable bonds is 5. The van der Waals surface area contributed by atoms with Crippen LogP contribution in [0, 0.1) is 0 Å². The molecule has 3 aromatic rings. The van der Waals surface area contributed by atoms with Gasteiger partial charge in [-0.3, -0.25) is 4.79 Å². The van der Waals surface area contributed by atoms with Crippen LogP contribution in [0.25, 0.3) is 10.9 Å². The van der Waals surface area contributed by atoms with E-state index >= 15 is 0 Å². The maximum Gasteiger partial charge on any atom is 0.273 e. The normalized spacial score (nSPS) is 11.0. The summed E-state index contributed by atoms with van der Waals surface area (Å²) < 4.78 is 5.31. The second-order valence-corrected chi connectivity index (χ2v) is 5.11. The number of aromatic nitrogens is 1. The van der Waals surface area contributed by atoms with E-state index in [1.165, 1.54) is 12.3 Å². The van der Waals surface area contributed by atoms with E-state index in [0.29, 0.717) is 23.5 Å². The van der Waals surface area contributed by atoms with E-state index in [0.717, 1.165) is 10.9 Å². The number of nitrogens with one attached hydrogen (secondary N) is 2. The van der Waals surface area contributed by atoms with E-state index in [1.54, 1.807) is 24.4 Å². The number of carbonyl (C=O) groups is 1. The summed E-state index contributed by atoms with van der Waals surface area (Å²) in [7, 11) is 0. The number of hydrazone groups is 1. The first kappa shape index (κ1) is 15.6. The smallest absolute Gasteiger partial charge is 0.273 e. The van der Waals surface area contributed by atoms with E-state index in [4.69, 9.17) is 4.74 Å². The van der Waals surface area contributed by atoms with Crippen LogP contribution in [0.2, 0.25) is 0 Å². The molecule has 0 fully saturated rings. The molecule has 6 nitrogen and oxygen atoms in total. The van der Waals surface area contributed by atoms with Crippen LogP contribution in [0.15, 0.2) is 53.8 Å². The van der Waals surface area contributed by atoms with Gasteiger partial charge in [0, 0.05) is 11.6 Å². The van der Waals surface area contributed by atoms with Gasteiger partial charge < -0.3 is 14.8 Å². The van der Waals surface area contributed by atoms with Gasteiger partial charge in [-0.15, -0.1) is 0 Å². The van der Waals surface area contributed by atoms with Gasteiger partial charge in [0.05, 0.1) is 23.9 Å². The van der Waals surface area contributed by atoms with Crippen LogP contribution in [0.1, 0.15) is 22.8 Å². The third-order valence-electron chi connectivity index (χ3n) is 3.50. The van der Waals surface area contributed by atoms with Crippen molar-refractivity contribution in [1.82, 2.24) is 10.4 Å². The third-order valence-corrected chi connectivity index (χ3v) is 3.50. The first-order valence-electron chi connectivity index (χ1n) is 7.54. The van der Waals surface area contributed by atoms with Crippen molar-refractivity contribution in [2.24, 2.45) is 5.10 Å². The highest BCUT2D eigenvalue weighted by atomic mass is 16.5. The Kier molecular flexibility index (Phi) is 4.47. The van der Waals surface area contributed by atoms with Gasteiger partial charge in [-0.25, -0.2) is 5.43 Å². The fraction of sp³-hybridized carbons (Fsp3) is 0.111. The number of H-pyrrole nitrogens is 1. The molecule has 122 valence electrons. The van der Waals surface area contributed by atoms with Crippen molar-refractivity contribution in [3.05, 3.63) is 59.8 Å². The molecular weight excluding hydrogens is 306 g/mol. The number of hydrogen-bond acceptors (Lipinski definition) is 4. The van der Waals surface area contributed by atoms with Crippen LogP contribution < -0.4 is 10.2 Å². The minimum Gasteiger partial charge on any atom is -0.504 e. The number of benzene rings is 2. The predicted octanol–water partition coefficient (Wildman–Crippen LogP) is 3.04. The van der Waals surface area contributed by atoms with Crippen molar-refractivity contribution in [2.75, 3.05) is 6.61 Å². The number of aromatic hydroxyl groups is 1. The van der Waals surface area contributed by atoms with Gasteiger partial charge in [0.2, 0.25) is 0 Å². The number of phenols is 1. The summed E-state index contributed by atoms with van der Waals surface area (Å²) in [5, 5.41) is 14.6. The molecule has 0 aliphatic rings. The van der Waals surface area contributed by atoms with Crippen molar-refractivity contribution in [2.45, 2.75) is 6.92 Å². The zero-order chi connectivity index (χ0) is 16.9. The van der Waals surface area contributed by atoms with Crippen LogP contribution >= 0.6 is 0 Å². The number of para-hydroxylation sites is 1. The minimum atomic E-state index is -0.303. The van der Waals surface area contributed by atoms with Gasteiger partial charge in [-0.05, 0) is 42.8 Å². The van der Waals surface area contributed by atoms with Crippen molar-refractivity contribution in [1.29, 1.82) is 0 Å². The van der Waals surface area contributed by atoms with Crippen LogP contribution in [-0.2, 0) is 0 Å². The lowest BCUT2D eigenvalue weighted by Gasteiger charge is -2.06. The molecule has 3 N–H and O–H groups in total. The van der Waals surface area contributed by atoms with Crippen molar-refractivity contribution >= 4 is 23.0 Å². The molecule has 1 heterocycles. The lowest BCUT2D eigenvalue weighted by Crippen LogP contribution is -2.18. The summed E-state index contributed by atoms with van der Waals surface area (Å²) >= 11 is 0. The molecule has 0 unspecified atom stereocenters. The molecule has 2 aromatic carbocycles. The third kappa shape index (κ3) is 3.22. The van der Waals surface area contributed by atoms with Crippen molar-refractivity contribution in [3.63, 3.8) is 0 Å². The highest BCUT2D eigenvalue weighted by Crippen LogP contribution is 2.26. The predicted molar refractivity (Wildman–Crippen MR) is 92.6 cm³/mol. The minimum absolute atomic E-state index is 0.0662. The molecule has 0 saturated carbocycles. The summed E-state index contributed by atoms with van der Waals surface area (Å²) in [5.41, 5.74) is 4.50. The fourth-order valence-corrected chi connectivity index (χ4v) is 2.38. The molecule has 24 heavy (non-hydrogen) atoms. The number of amides is 1. The van der Waals surface area contributed by atoms with Crippen molar-refractivity contribution < 1.29 is 14.6 Å². The number of ether oxygens (including phenoxy) is 1. The lowest BCUT2D eigenvalue weighted by atomic mass is 10.1. The van der Waals surface area contributed by atoms with E-state index in [2.05, 4.69) is 15.5 Å². The Bertz CT molecular complexity index is 899. The highest BCUT2D eigenvalue weighted by molar-refractivity contribution is 6.05. The Labute approximate surface area is 138 Å².